The van der Waals surface area contributed by atoms with Gasteiger partial charge in [-0.15, -0.1) is 6.42 Å². The Morgan fingerprint density at radius 2 is 1.12 bits per heavy atom. The van der Waals surface area contributed by atoms with Crippen LogP contribution < -0.4 is 113 Å². The van der Waals surface area contributed by atoms with Crippen LogP contribution >= 0.6 is 0 Å². The molecule has 4 heterocycles. The molecule has 0 bridgehead atoms. The van der Waals surface area contributed by atoms with Gasteiger partial charge >= 0.3 is 115 Å². The van der Waals surface area contributed by atoms with Gasteiger partial charge in [-0.05, 0) is 104 Å². The number of hydrogen-bond acceptors (Lipinski definition) is 17. The molecule has 2 atom stereocenters. The zero-order valence-corrected chi connectivity index (χ0v) is 44.2. The monoisotopic (exact) mass is 994 g/mol. The summed E-state index contributed by atoms with van der Waals surface area (Å²) >= 11 is 0. The molecule has 4 fully saturated rings. The fraction of sp³-hybridized carbons (Fsp3) is 0.444. The summed E-state index contributed by atoms with van der Waals surface area (Å²) in [4.78, 5) is 143. The summed E-state index contributed by atoms with van der Waals surface area (Å²) in [5.74, 6) is -4.17. The molecule has 0 aromatic heterocycles. The normalized spacial score (nSPS) is 20.2. The van der Waals surface area contributed by atoms with Gasteiger partial charge in [0.2, 0.25) is 11.8 Å². The van der Waals surface area contributed by atoms with E-state index in [0.29, 0.717) is 35.5 Å². The van der Waals surface area contributed by atoms with Gasteiger partial charge in [0.25, 0.3) is 41.9 Å². The van der Waals surface area contributed by atoms with Crippen LogP contribution in [0.1, 0.15) is 130 Å². The molecule has 1 N–H and O–H groups in total. The number of carbonyl (C=O) groups is 11. The molecule has 6 aliphatic rings. The molecule has 2 saturated heterocycles. The minimum atomic E-state index is -1.32. The van der Waals surface area contributed by atoms with E-state index in [1.807, 2.05) is 0 Å². The maximum atomic E-state index is 13.3. The Bertz CT molecular complexity index is 2520. The van der Waals surface area contributed by atoms with Gasteiger partial charge in [0, 0.05) is 0 Å². The van der Waals surface area contributed by atoms with E-state index in [2.05, 4.69) is 10.8 Å². The number of rotatable bonds is 5. The summed E-state index contributed by atoms with van der Waals surface area (Å²) in [6.45, 7) is 9.33. The number of amides is 10. The maximum absolute atomic E-state index is 13.3. The Labute approximate surface area is 477 Å². The van der Waals surface area contributed by atoms with Crippen LogP contribution in [0.15, 0.2) is 36.4 Å². The summed E-state index contributed by atoms with van der Waals surface area (Å²) in [7, 11) is 0. The largest absolute Gasteiger partial charge is 1.00 e. The van der Waals surface area contributed by atoms with Crippen LogP contribution in [0, 0.1) is 23.2 Å². The van der Waals surface area contributed by atoms with E-state index in [9.17, 15) is 53.1 Å². The van der Waals surface area contributed by atoms with Gasteiger partial charge in [0.05, 0.1) is 33.1 Å². The number of aromatic hydroxyl groups is 1. The number of hydrogen-bond donors (Lipinski definition) is 1. The quantitative estimate of drug-likeness (QED) is 0.0789. The van der Waals surface area contributed by atoms with Gasteiger partial charge in [0.1, 0.15) is 41.4 Å². The number of likely N-dealkylation sites (tertiary alicyclic amines) is 2. The van der Waals surface area contributed by atoms with Crippen molar-refractivity contribution >= 4 is 65.9 Å². The van der Waals surface area contributed by atoms with Crippen molar-refractivity contribution in [3.05, 3.63) is 58.7 Å². The number of phenols is 1. The zero-order valence-electron chi connectivity index (χ0n) is 39.0. The summed E-state index contributed by atoms with van der Waals surface area (Å²) in [6.07, 6.45) is 4.71. The van der Waals surface area contributed by atoms with Crippen molar-refractivity contribution in [2.24, 2.45) is 10.8 Å². The number of ether oxygens (including phenoxy) is 3. The third kappa shape index (κ3) is 11.2. The predicted octanol–water partition coefficient (Wildman–Crippen LogP) is -2.84. The third-order valence-corrected chi connectivity index (χ3v) is 11.2. The molecule has 0 radical (unpaired) electrons. The molecule has 352 valence electrons. The Balaban J connectivity index is 0.000000418. The molecule has 2 unspecified atom stereocenters. The number of carbonyl (C=O) groups excluding carboxylic acids is 11. The van der Waals surface area contributed by atoms with Crippen LogP contribution in [-0.4, -0.2) is 121 Å². The Hall–Kier alpha value is -4.20. The van der Waals surface area contributed by atoms with Crippen molar-refractivity contribution in [1.82, 2.24) is 19.6 Å². The maximum Gasteiger partial charge on any atom is 1.00 e. The molecular formula is C45H48K2N4O17. The van der Waals surface area contributed by atoms with Crippen LogP contribution in [0.2, 0.25) is 0 Å². The fourth-order valence-corrected chi connectivity index (χ4v) is 7.93. The van der Waals surface area contributed by atoms with Crippen molar-refractivity contribution < 1.29 is 186 Å². The third-order valence-electron chi connectivity index (χ3n) is 11.2. The van der Waals surface area contributed by atoms with E-state index in [-0.39, 0.29) is 171 Å². The minimum absolute atomic E-state index is 0. The zero-order chi connectivity index (χ0) is 48.1. The molecule has 4 aliphatic heterocycles. The first-order chi connectivity index (χ1) is 30.4. The number of fused-ring (bicyclic) bond motifs is 2. The Morgan fingerprint density at radius 3 is 1.47 bits per heavy atom. The molecule has 68 heavy (non-hydrogen) atoms. The predicted molar refractivity (Wildman–Crippen MR) is 221 cm³/mol. The van der Waals surface area contributed by atoms with Gasteiger partial charge in [-0.1, -0.05) is 25.5 Å². The smallest absolute Gasteiger partial charge is 1.00 e. The second-order valence-corrected chi connectivity index (χ2v) is 17.9. The number of phenolic OH excluding ortho intramolecular Hbond substituents is 1. The van der Waals surface area contributed by atoms with Crippen LogP contribution in [0.4, 0.5) is 9.59 Å². The number of piperidine rings is 2. The van der Waals surface area contributed by atoms with Crippen molar-refractivity contribution in [2.45, 2.75) is 111 Å². The first-order valence-corrected chi connectivity index (χ1v) is 20.1. The standard InChI is InChI=1S/C23H22N2O7.C20H20N2O7.CH2O3.CH4.2K.H/c1-5-11-31-15-8-6-7-13-16(15)19(28)24(17(13)26)14-12-23(9-10-23)20(29)25(18(14)27)21(30)32-22(2,3)4;1-19(2,3)29-18(28)22-15(25)11(9-20(7-8-20)17(22)27)21-14(24)10-5-4-6-12(23)13(10)16(21)26;2-1-4-3;;;;/h1,6-8,14H,9-12H2,2-4H3;4-6,11,23H,7-9H2,1-3H3;1,3H;1H4;;;/q;;;;2*+1;-1/p-1. The van der Waals surface area contributed by atoms with E-state index in [1.165, 1.54) is 30.3 Å². The van der Waals surface area contributed by atoms with Crippen LogP contribution in [0.3, 0.4) is 0 Å². The van der Waals surface area contributed by atoms with E-state index in [1.54, 1.807) is 47.6 Å². The van der Waals surface area contributed by atoms with Crippen LogP contribution in [0.5, 0.6) is 11.5 Å². The van der Waals surface area contributed by atoms with Gasteiger partial charge in [-0.2, -0.15) is 9.80 Å². The number of benzene rings is 2. The number of imide groups is 8. The topological polar surface area (TPSA) is 281 Å². The summed E-state index contributed by atoms with van der Waals surface area (Å²) in [5, 5.41) is 18.4. The summed E-state index contributed by atoms with van der Waals surface area (Å²) in [5.41, 5.74) is -3.94. The first-order valence-electron chi connectivity index (χ1n) is 20.1. The fourth-order valence-electron chi connectivity index (χ4n) is 7.93. The Morgan fingerprint density at radius 1 is 0.735 bits per heavy atom. The Kier molecular flexibility index (Phi) is 18.7. The molecule has 2 aliphatic carbocycles. The molecule has 2 aromatic carbocycles. The van der Waals surface area contributed by atoms with Crippen LogP contribution in [0.25, 0.3) is 0 Å². The molecule has 2 spiro atoms. The van der Waals surface area contributed by atoms with Crippen LogP contribution in [-0.2, 0) is 38.3 Å². The van der Waals surface area contributed by atoms with Crippen molar-refractivity contribution in [2.75, 3.05) is 6.61 Å². The summed E-state index contributed by atoms with van der Waals surface area (Å²) < 4.78 is 15.9. The molecule has 8 rings (SSSR count). The summed E-state index contributed by atoms with van der Waals surface area (Å²) in [6, 6.07) is 5.94. The molecule has 2 saturated carbocycles. The molecule has 2 aromatic rings. The molecule has 21 nitrogen and oxygen atoms in total. The average Bonchev–Trinajstić information content (AvgIpc) is 4.15. The van der Waals surface area contributed by atoms with E-state index < -0.39 is 93.6 Å². The second-order valence-electron chi connectivity index (χ2n) is 17.9. The first kappa shape index (κ1) is 58.1. The minimum Gasteiger partial charge on any atom is -1.00 e. The average molecular weight is 995 g/mol. The molecular weight excluding hydrogens is 947 g/mol. The van der Waals surface area contributed by atoms with Gasteiger partial charge in [-0.3, -0.25) is 53.0 Å². The molecule has 23 heteroatoms. The molecule has 10 amide bonds. The SMILES string of the molecule is C.C#CCOc1cccc2c1C(=O)N(C1CC3(CC3)C(=O)N(C(=O)OC(C)(C)C)C1=O)C2=O.CC(C)(C)OC(=O)N1C(=O)C(N2C(=O)c3cccc(O)c3C2=O)CC2(CC2)C1=O.O=CO[O-].[H-].[K+].[K+]. The number of terminal acetylenes is 1. The van der Waals surface area contributed by atoms with E-state index >= 15 is 0 Å². The van der Waals surface area contributed by atoms with E-state index in [0.717, 1.165) is 9.80 Å². The van der Waals surface area contributed by atoms with Crippen molar-refractivity contribution in [3.8, 4) is 23.8 Å². The van der Waals surface area contributed by atoms with Gasteiger partial charge in [0.15, 0.2) is 0 Å². The van der Waals surface area contributed by atoms with Crippen molar-refractivity contribution in [3.63, 3.8) is 0 Å². The van der Waals surface area contributed by atoms with Crippen molar-refractivity contribution in [1.29, 1.82) is 0 Å². The van der Waals surface area contributed by atoms with Gasteiger partial charge in [-0.25, -0.2) is 9.59 Å². The van der Waals surface area contributed by atoms with Gasteiger partial charge < -0.3 is 30.9 Å². The number of nitrogens with zero attached hydrogens (tertiary/aromatic N) is 4. The van der Waals surface area contributed by atoms with E-state index in [4.69, 9.17) is 30.7 Å². The second kappa shape index (κ2) is 21.8.